The molecule has 0 unspecified atom stereocenters. The average Bonchev–Trinajstić information content (AvgIpc) is 3.11. The summed E-state index contributed by atoms with van der Waals surface area (Å²) in [5, 5.41) is 0. The van der Waals surface area contributed by atoms with E-state index in [-0.39, 0.29) is 24.1 Å². The van der Waals surface area contributed by atoms with Gasteiger partial charge in [-0.15, -0.1) is 0 Å². The molecule has 0 spiro atoms. The third-order valence-corrected chi connectivity index (χ3v) is 5.45. The van der Waals surface area contributed by atoms with Crippen LogP contribution in [0.1, 0.15) is 20.8 Å². The number of hydrogen-bond donors (Lipinski definition) is 1. The van der Waals surface area contributed by atoms with Crippen LogP contribution >= 0.6 is 0 Å². The summed E-state index contributed by atoms with van der Waals surface area (Å²) in [6, 6.07) is 10.9. The molecule has 1 saturated heterocycles. The smallest absolute Gasteiger partial charge is 0.410 e. The third kappa shape index (κ3) is 7.22. The molecule has 180 valence electrons. The SMILES string of the molecule is CO[C@@H]1CN(C(=O)OC(C)(C)C)C[C@H]1Oc1cccc(NS(=O)(=O)Oc2ccc(F)cc2)c1. The Hall–Kier alpha value is -3.05. The van der Waals surface area contributed by atoms with Crippen LogP contribution in [0, 0.1) is 5.82 Å². The van der Waals surface area contributed by atoms with Gasteiger partial charge in [-0.3, -0.25) is 4.72 Å². The lowest BCUT2D eigenvalue weighted by Crippen LogP contribution is -2.36. The number of halogens is 1. The van der Waals surface area contributed by atoms with E-state index in [2.05, 4.69) is 4.72 Å². The van der Waals surface area contributed by atoms with Crippen molar-refractivity contribution in [1.82, 2.24) is 4.90 Å². The second-order valence-corrected chi connectivity index (χ2v) is 9.72. The maximum atomic E-state index is 13.0. The Morgan fingerprint density at radius 2 is 1.73 bits per heavy atom. The number of nitrogens with one attached hydrogen (secondary N) is 1. The molecule has 3 rings (SSSR count). The predicted octanol–water partition coefficient (Wildman–Crippen LogP) is 3.57. The fraction of sp³-hybridized carbons (Fsp3) is 0.409. The molecule has 1 aliphatic rings. The normalized spacial score (nSPS) is 18.6. The highest BCUT2D eigenvalue weighted by Gasteiger charge is 2.39. The van der Waals surface area contributed by atoms with Crippen LogP contribution in [0.2, 0.25) is 0 Å². The van der Waals surface area contributed by atoms with Crippen molar-refractivity contribution >= 4 is 22.1 Å². The molecule has 0 bridgehead atoms. The number of methoxy groups -OCH3 is 1. The molecule has 2 atom stereocenters. The molecule has 0 radical (unpaired) electrons. The lowest BCUT2D eigenvalue weighted by atomic mass is 10.2. The first-order valence-electron chi connectivity index (χ1n) is 10.2. The van der Waals surface area contributed by atoms with Crippen molar-refractivity contribution in [2.75, 3.05) is 24.9 Å². The van der Waals surface area contributed by atoms with Gasteiger partial charge in [0, 0.05) is 13.2 Å². The van der Waals surface area contributed by atoms with E-state index in [1.807, 2.05) is 0 Å². The van der Waals surface area contributed by atoms with Crippen LogP contribution in [0.3, 0.4) is 0 Å². The molecule has 33 heavy (non-hydrogen) atoms. The number of rotatable bonds is 7. The molecule has 0 aliphatic carbocycles. The number of likely N-dealkylation sites (tertiary alicyclic amines) is 1. The van der Waals surface area contributed by atoms with Gasteiger partial charge in [-0.05, 0) is 57.2 Å². The average molecular weight is 483 g/mol. The summed E-state index contributed by atoms with van der Waals surface area (Å²) in [7, 11) is -2.69. The van der Waals surface area contributed by atoms with Gasteiger partial charge in [0.05, 0.1) is 18.8 Å². The summed E-state index contributed by atoms with van der Waals surface area (Å²) in [5.74, 6) is -0.174. The highest BCUT2D eigenvalue weighted by molar-refractivity contribution is 7.88. The molecule has 2 aromatic rings. The summed E-state index contributed by atoms with van der Waals surface area (Å²) in [6.07, 6.45) is -1.33. The number of hydrogen-bond acceptors (Lipinski definition) is 7. The van der Waals surface area contributed by atoms with Crippen LogP contribution in [0.25, 0.3) is 0 Å². The van der Waals surface area contributed by atoms with Crippen molar-refractivity contribution in [2.45, 2.75) is 38.6 Å². The molecule has 0 aromatic heterocycles. The second-order valence-electron chi connectivity index (χ2n) is 8.44. The topological polar surface area (TPSA) is 103 Å². The molecular weight excluding hydrogens is 455 g/mol. The van der Waals surface area contributed by atoms with Crippen LogP contribution in [-0.2, 0) is 19.8 Å². The molecular formula is C22H27FN2O7S. The van der Waals surface area contributed by atoms with E-state index >= 15 is 0 Å². The zero-order valence-electron chi connectivity index (χ0n) is 18.8. The molecule has 1 heterocycles. The van der Waals surface area contributed by atoms with E-state index in [9.17, 15) is 17.6 Å². The van der Waals surface area contributed by atoms with Crippen LogP contribution in [0.5, 0.6) is 11.5 Å². The van der Waals surface area contributed by atoms with Gasteiger partial charge in [0.1, 0.15) is 35.1 Å². The van der Waals surface area contributed by atoms with Crippen molar-refractivity contribution in [2.24, 2.45) is 0 Å². The first kappa shape index (κ1) is 24.6. The van der Waals surface area contributed by atoms with Crippen LogP contribution in [-0.4, -0.2) is 57.4 Å². The molecule has 1 fully saturated rings. The number of carbonyl (C=O) groups excluding carboxylic acids is 1. The van der Waals surface area contributed by atoms with Crippen LogP contribution in [0.4, 0.5) is 14.9 Å². The van der Waals surface area contributed by atoms with Crippen molar-refractivity contribution < 1.29 is 36.0 Å². The molecule has 11 heteroatoms. The minimum atomic E-state index is -4.22. The third-order valence-electron chi connectivity index (χ3n) is 4.55. The van der Waals surface area contributed by atoms with Gasteiger partial charge in [0.25, 0.3) is 0 Å². The Labute approximate surface area is 192 Å². The van der Waals surface area contributed by atoms with Crippen molar-refractivity contribution in [1.29, 1.82) is 0 Å². The summed E-state index contributed by atoms with van der Waals surface area (Å²) < 4.78 is 61.6. The number of carbonyl (C=O) groups is 1. The van der Waals surface area contributed by atoms with Gasteiger partial charge >= 0.3 is 16.4 Å². The van der Waals surface area contributed by atoms with Gasteiger partial charge in [-0.25, -0.2) is 9.18 Å². The second kappa shape index (κ2) is 9.84. The van der Waals surface area contributed by atoms with Gasteiger partial charge in [-0.2, -0.15) is 8.42 Å². The number of benzene rings is 2. The Bertz CT molecular complexity index is 1070. The quantitative estimate of drug-likeness (QED) is 0.643. The molecule has 2 aromatic carbocycles. The van der Waals surface area contributed by atoms with Gasteiger partial charge in [0.2, 0.25) is 0 Å². The van der Waals surface area contributed by atoms with Crippen LogP contribution in [0.15, 0.2) is 48.5 Å². The minimum absolute atomic E-state index is 0.0348. The fourth-order valence-corrected chi connectivity index (χ4v) is 3.97. The summed E-state index contributed by atoms with van der Waals surface area (Å²) >= 11 is 0. The maximum absolute atomic E-state index is 13.0. The Kier molecular flexibility index (Phi) is 7.33. The number of anilines is 1. The summed E-state index contributed by atoms with van der Waals surface area (Å²) in [5.41, 5.74) is -0.425. The maximum Gasteiger partial charge on any atom is 0.410 e. The van der Waals surface area contributed by atoms with Gasteiger partial charge in [0.15, 0.2) is 0 Å². The number of ether oxygens (including phenoxy) is 3. The highest BCUT2D eigenvalue weighted by Crippen LogP contribution is 2.25. The monoisotopic (exact) mass is 482 g/mol. The first-order valence-corrected chi connectivity index (χ1v) is 11.6. The van der Waals surface area contributed by atoms with Gasteiger partial charge in [-0.1, -0.05) is 6.07 Å². The largest absolute Gasteiger partial charge is 0.486 e. The van der Waals surface area contributed by atoms with E-state index in [0.29, 0.717) is 12.3 Å². The Balaban J connectivity index is 1.65. The predicted molar refractivity (Wildman–Crippen MR) is 119 cm³/mol. The zero-order valence-corrected chi connectivity index (χ0v) is 19.6. The zero-order chi connectivity index (χ0) is 24.2. The van der Waals surface area contributed by atoms with Gasteiger partial charge < -0.3 is 23.3 Å². The molecule has 9 nitrogen and oxygen atoms in total. The molecule has 0 saturated carbocycles. The Morgan fingerprint density at radius 1 is 1.06 bits per heavy atom. The van der Waals surface area contributed by atoms with Crippen LogP contribution < -0.4 is 13.6 Å². The van der Waals surface area contributed by atoms with E-state index in [4.69, 9.17) is 18.4 Å². The lowest BCUT2D eigenvalue weighted by Gasteiger charge is -2.24. The first-order chi connectivity index (χ1) is 15.4. The van der Waals surface area contributed by atoms with Crippen molar-refractivity contribution in [3.8, 4) is 11.5 Å². The van der Waals surface area contributed by atoms with E-state index < -0.39 is 33.9 Å². The molecule has 1 N–H and O–H groups in total. The molecule has 1 amide bonds. The standard InChI is InChI=1S/C22H27FN2O7S/c1-22(2,3)31-21(26)25-13-19(29-4)20(14-25)30-18-7-5-6-16(12-18)24-33(27,28)32-17-10-8-15(23)9-11-17/h5-12,19-20,24H,13-14H2,1-4H3/t19-,20-/m1/s1. The lowest BCUT2D eigenvalue weighted by molar-refractivity contribution is 0.0241. The minimum Gasteiger partial charge on any atom is -0.486 e. The van der Waals surface area contributed by atoms with E-state index in [1.54, 1.807) is 32.9 Å². The fourth-order valence-electron chi connectivity index (χ4n) is 3.15. The highest BCUT2D eigenvalue weighted by atomic mass is 32.2. The summed E-state index contributed by atoms with van der Waals surface area (Å²) in [6.45, 7) is 5.91. The van der Waals surface area contributed by atoms with E-state index in [1.165, 1.54) is 36.3 Å². The molecule has 1 aliphatic heterocycles. The summed E-state index contributed by atoms with van der Waals surface area (Å²) in [4.78, 5) is 13.9. The van der Waals surface area contributed by atoms with Crippen molar-refractivity contribution in [3.05, 3.63) is 54.3 Å². The van der Waals surface area contributed by atoms with E-state index in [0.717, 1.165) is 12.1 Å². The number of amides is 1. The van der Waals surface area contributed by atoms with Crippen molar-refractivity contribution in [3.63, 3.8) is 0 Å². The Morgan fingerprint density at radius 3 is 2.36 bits per heavy atom. The number of nitrogens with zero attached hydrogens (tertiary/aromatic N) is 1.